The normalized spacial score (nSPS) is 11.7. The maximum absolute atomic E-state index is 13.0. The predicted molar refractivity (Wildman–Crippen MR) is 106 cm³/mol. The number of nitrogens with zero attached hydrogens (tertiary/aromatic N) is 2. The van der Waals surface area contributed by atoms with Crippen molar-refractivity contribution in [2.24, 2.45) is 0 Å². The summed E-state index contributed by atoms with van der Waals surface area (Å²) >= 11 is 1.15. The van der Waals surface area contributed by atoms with E-state index in [1.54, 1.807) is 39.3 Å². The molecular weight excluding hydrogens is 397 g/mol. The number of amides is 1. The van der Waals surface area contributed by atoms with Gasteiger partial charge in [0.05, 0.1) is 19.5 Å². The summed E-state index contributed by atoms with van der Waals surface area (Å²) in [7, 11) is 3.13. The maximum atomic E-state index is 13.0. The Morgan fingerprint density at radius 1 is 1.14 bits per heavy atom. The number of benzene rings is 2. The van der Waals surface area contributed by atoms with Crippen LogP contribution in [0.15, 0.2) is 52.1 Å². The van der Waals surface area contributed by atoms with Crippen LogP contribution in [0.2, 0.25) is 0 Å². The van der Waals surface area contributed by atoms with Crippen LogP contribution in [0.5, 0.6) is 11.5 Å². The molecule has 0 fully saturated rings. The molecule has 0 aliphatic carbocycles. The first-order valence-corrected chi connectivity index (χ1v) is 9.63. The minimum absolute atomic E-state index is 0.175. The Kier molecular flexibility index (Phi) is 6.71. The third-order valence-electron chi connectivity index (χ3n) is 4.06. The Balaban J connectivity index is 1.56. The summed E-state index contributed by atoms with van der Waals surface area (Å²) in [6.07, 6.45) is 0. The monoisotopic (exact) mass is 417 g/mol. The van der Waals surface area contributed by atoms with Crippen molar-refractivity contribution in [2.75, 3.05) is 14.2 Å². The fraction of sp³-hybridized carbons (Fsp3) is 0.250. The van der Waals surface area contributed by atoms with Crippen LogP contribution in [-0.2, 0) is 11.3 Å². The second-order valence-corrected chi connectivity index (χ2v) is 7.34. The summed E-state index contributed by atoms with van der Waals surface area (Å²) in [4.78, 5) is 12.4. The van der Waals surface area contributed by atoms with Crippen molar-refractivity contribution in [1.29, 1.82) is 0 Å². The van der Waals surface area contributed by atoms with Gasteiger partial charge in [-0.25, -0.2) is 4.39 Å². The number of nitrogens with one attached hydrogen (secondary N) is 1. The van der Waals surface area contributed by atoms with Crippen LogP contribution in [-0.4, -0.2) is 35.6 Å². The molecule has 0 aliphatic rings. The highest BCUT2D eigenvalue weighted by atomic mass is 32.2. The van der Waals surface area contributed by atoms with E-state index in [9.17, 15) is 9.18 Å². The van der Waals surface area contributed by atoms with E-state index in [1.165, 1.54) is 12.1 Å². The van der Waals surface area contributed by atoms with Crippen molar-refractivity contribution in [3.05, 3.63) is 53.8 Å². The summed E-state index contributed by atoms with van der Waals surface area (Å²) in [5.74, 6) is 0.972. The van der Waals surface area contributed by atoms with Crippen LogP contribution in [0.3, 0.4) is 0 Å². The van der Waals surface area contributed by atoms with Crippen molar-refractivity contribution in [3.63, 3.8) is 0 Å². The first kappa shape index (κ1) is 20.7. The number of methoxy groups -OCH3 is 2. The molecule has 0 bridgehead atoms. The first-order valence-electron chi connectivity index (χ1n) is 8.75. The average Bonchev–Trinajstić information content (AvgIpc) is 3.20. The zero-order valence-corrected chi connectivity index (χ0v) is 17.0. The summed E-state index contributed by atoms with van der Waals surface area (Å²) in [6, 6.07) is 11.2. The van der Waals surface area contributed by atoms with Crippen molar-refractivity contribution in [2.45, 2.75) is 23.9 Å². The molecule has 7 nitrogen and oxygen atoms in total. The number of rotatable bonds is 8. The quantitative estimate of drug-likeness (QED) is 0.560. The standard InChI is InChI=1S/C20H20FN3O4S/c1-12(18(25)22-11-13-4-9-16(26-2)17(10-13)27-3)29-20-24-23-19(28-20)14-5-7-15(21)8-6-14/h4-10,12H,11H2,1-3H3,(H,22,25)/t12-/m0/s1. The van der Waals surface area contributed by atoms with Gasteiger partial charge in [-0.1, -0.05) is 17.8 Å². The van der Waals surface area contributed by atoms with Crippen LogP contribution in [0.4, 0.5) is 4.39 Å². The lowest BCUT2D eigenvalue weighted by molar-refractivity contribution is -0.120. The maximum Gasteiger partial charge on any atom is 0.277 e. The van der Waals surface area contributed by atoms with Crippen LogP contribution in [0.25, 0.3) is 11.5 Å². The third kappa shape index (κ3) is 5.26. The number of hydrogen-bond acceptors (Lipinski definition) is 7. The minimum Gasteiger partial charge on any atom is -0.493 e. The highest BCUT2D eigenvalue weighted by Gasteiger charge is 2.19. The summed E-state index contributed by atoms with van der Waals surface area (Å²) < 4.78 is 29.0. The van der Waals surface area contributed by atoms with Crippen molar-refractivity contribution in [1.82, 2.24) is 15.5 Å². The third-order valence-corrected chi connectivity index (χ3v) is 4.99. The van der Waals surface area contributed by atoms with Gasteiger partial charge in [0, 0.05) is 12.1 Å². The number of aromatic nitrogens is 2. The Bertz CT molecular complexity index is 978. The zero-order chi connectivity index (χ0) is 20.8. The van der Waals surface area contributed by atoms with Crippen LogP contribution in [0, 0.1) is 5.82 Å². The van der Waals surface area contributed by atoms with Gasteiger partial charge < -0.3 is 19.2 Å². The molecule has 1 atom stereocenters. The molecule has 1 amide bonds. The molecule has 1 heterocycles. The molecule has 2 aromatic carbocycles. The fourth-order valence-electron chi connectivity index (χ4n) is 2.49. The number of carbonyl (C=O) groups is 1. The number of thioether (sulfide) groups is 1. The van der Waals surface area contributed by atoms with Gasteiger partial charge in [0.25, 0.3) is 5.22 Å². The number of carbonyl (C=O) groups excluding carboxylic acids is 1. The Morgan fingerprint density at radius 2 is 1.86 bits per heavy atom. The van der Waals surface area contributed by atoms with E-state index in [4.69, 9.17) is 13.9 Å². The van der Waals surface area contributed by atoms with E-state index < -0.39 is 5.25 Å². The largest absolute Gasteiger partial charge is 0.493 e. The predicted octanol–water partition coefficient (Wildman–Crippen LogP) is 3.69. The van der Waals surface area contributed by atoms with Gasteiger partial charge in [0.2, 0.25) is 11.8 Å². The lowest BCUT2D eigenvalue weighted by atomic mass is 10.2. The van der Waals surface area contributed by atoms with Gasteiger partial charge in [0.15, 0.2) is 11.5 Å². The molecule has 1 aromatic heterocycles. The molecule has 0 spiro atoms. The molecule has 3 rings (SSSR count). The highest BCUT2D eigenvalue weighted by Crippen LogP contribution is 2.28. The van der Waals surface area contributed by atoms with Gasteiger partial charge >= 0.3 is 0 Å². The second-order valence-electron chi connectivity index (χ2n) is 6.05. The van der Waals surface area contributed by atoms with Gasteiger partial charge in [0.1, 0.15) is 5.82 Å². The smallest absolute Gasteiger partial charge is 0.277 e. The number of halogens is 1. The van der Waals surface area contributed by atoms with Gasteiger partial charge in [-0.2, -0.15) is 0 Å². The van der Waals surface area contributed by atoms with Crippen LogP contribution < -0.4 is 14.8 Å². The summed E-state index contributed by atoms with van der Waals surface area (Å²) in [6.45, 7) is 2.09. The van der Waals surface area contributed by atoms with Crippen LogP contribution >= 0.6 is 11.8 Å². The van der Waals surface area contributed by atoms with E-state index in [0.717, 1.165) is 17.3 Å². The molecule has 9 heteroatoms. The van der Waals surface area contributed by atoms with Crippen molar-refractivity contribution < 1.29 is 23.1 Å². The van der Waals surface area contributed by atoms with E-state index in [1.807, 2.05) is 12.1 Å². The van der Waals surface area contributed by atoms with Crippen LogP contribution in [0.1, 0.15) is 12.5 Å². The Morgan fingerprint density at radius 3 is 2.55 bits per heavy atom. The van der Waals surface area contributed by atoms with E-state index in [2.05, 4.69) is 15.5 Å². The van der Waals surface area contributed by atoms with Crippen molar-refractivity contribution in [3.8, 4) is 23.0 Å². The Labute approximate surface area is 171 Å². The molecule has 1 N–H and O–H groups in total. The molecule has 0 radical (unpaired) electrons. The van der Waals surface area contributed by atoms with Gasteiger partial charge in [-0.3, -0.25) is 4.79 Å². The SMILES string of the molecule is COc1ccc(CNC(=O)[C@H](C)Sc2nnc(-c3ccc(F)cc3)o2)cc1OC. The number of hydrogen-bond donors (Lipinski definition) is 1. The van der Waals surface area contributed by atoms with Gasteiger partial charge in [-0.15, -0.1) is 10.2 Å². The molecule has 0 saturated carbocycles. The topological polar surface area (TPSA) is 86.5 Å². The first-order chi connectivity index (χ1) is 14.0. The minimum atomic E-state index is -0.448. The molecule has 0 saturated heterocycles. The lowest BCUT2D eigenvalue weighted by Gasteiger charge is -2.12. The molecule has 3 aromatic rings. The Hall–Kier alpha value is -3.07. The van der Waals surface area contributed by atoms with E-state index >= 15 is 0 Å². The average molecular weight is 417 g/mol. The van der Waals surface area contributed by atoms with E-state index in [-0.39, 0.29) is 22.8 Å². The number of ether oxygens (including phenoxy) is 2. The van der Waals surface area contributed by atoms with E-state index in [0.29, 0.717) is 23.6 Å². The molecule has 29 heavy (non-hydrogen) atoms. The lowest BCUT2D eigenvalue weighted by Crippen LogP contribution is -2.30. The molecular formula is C20H20FN3O4S. The summed E-state index contributed by atoms with van der Waals surface area (Å²) in [5.41, 5.74) is 1.49. The summed E-state index contributed by atoms with van der Waals surface area (Å²) in [5, 5.41) is 10.6. The molecule has 152 valence electrons. The second kappa shape index (κ2) is 9.42. The molecule has 0 aliphatic heterocycles. The fourth-order valence-corrected chi connectivity index (χ4v) is 3.20. The van der Waals surface area contributed by atoms with Crippen molar-refractivity contribution >= 4 is 17.7 Å². The molecule has 0 unspecified atom stereocenters. The highest BCUT2D eigenvalue weighted by molar-refractivity contribution is 8.00. The zero-order valence-electron chi connectivity index (χ0n) is 16.1. The van der Waals surface area contributed by atoms with Gasteiger partial charge in [-0.05, 0) is 48.9 Å².